The average Bonchev–Trinajstić information content (AvgIpc) is 2.54. The molecule has 1 heterocycles. The molecule has 1 N–H and O–H groups in total. The van der Waals surface area contributed by atoms with Crippen molar-refractivity contribution >= 4 is 0 Å². The third kappa shape index (κ3) is 3.55. The minimum atomic E-state index is -0.411. The number of likely N-dealkylation sites (tertiary alicyclic amines) is 1. The van der Waals surface area contributed by atoms with Crippen LogP contribution >= 0.6 is 0 Å². The lowest BCUT2D eigenvalue weighted by Crippen LogP contribution is -2.30. The molecule has 1 unspecified atom stereocenters. The maximum absolute atomic E-state index is 10.3. The van der Waals surface area contributed by atoms with Gasteiger partial charge in [0.15, 0.2) is 0 Å². The molecule has 0 aromatic heterocycles. The Bertz CT molecular complexity index is 338. The number of hydrogen-bond donors (Lipinski definition) is 1. The van der Waals surface area contributed by atoms with Gasteiger partial charge in [-0.15, -0.1) is 0 Å². The molecule has 1 saturated heterocycles. The van der Waals surface area contributed by atoms with E-state index in [0.717, 1.165) is 45.3 Å². The largest absolute Gasteiger partial charge is 0.390 e. The third-order valence-electron chi connectivity index (χ3n) is 3.92. The molecule has 94 valence electrons. The van der Waals surface area contributed by atoms with Gasteiger partial charge in [0.05, 0.1) is 5.60 Å². The zero-order valence-electron chi connectivity index (χ0n) is 10.7. The topological polar surface area (TPSA) is 23.5 Å². The Hall–Kier alpha value is -0.860. The second kappa shape index (κ2) is 5.65. The van der Waals surface area contributed by atoms with Gasteiger partial charge in [0.2, 0.25) is 0 Å². The molecular weight excluding hydrogens is 210 g/mol. The number of rotatable bonds is 3. The first-order chi connectivity index (χ1) is 8.22. The SMILES string of the molecule is CCC1(O)CCCN(Cc2ccccc2)CC1. The van der Waals surface area contributed by atoms with Crippen LogP contribution < -0.4 is 0 Å². The fraction of sp³-hybridized carbons (Fsp3) is 0.600. The predicted molar refractivity (Wildman–Crippen MR) is 70.8 cm³/mol. The van der Waals surface area contributed by atoms with E-state index in [2.05, 4.69) is 42.2 Å². The standard InChI is InChI=1S/C15H23NO/c1-2-15(17)9-6-11-16(12-10-15)13-14-7-4-3-5-8-14/h3-5,7-8,17H,2,6,9-13H2,1H3. The monoisotopic (exact) mass is 233 g/mol. The first-order valence-corrected chi connectivity index (χ1v) is 6.70. The summed E-state index contributed by atoms with van der Waals surface area (Å²) in [7, 11) is 0. The maximum atomic E-state index is 10.3. The molecule has 0 radical (unpaired) electrons. The van der Waals surface area contributed by atoms with Crippen molar-refractivity contribution in [2.45, 2.75) is 44.8 Å². The lowest BCUT2D eigenvalue weighted by Gasteiger charge is -2.25. The Balaban J connectivity index is 1.91. The van der Waals surface area contributed by atoms with Crippen LogP contribution in [0.25, 0.3) is 0 Å². The van der Waals surface area contributed by atoms with Crippen molar-refractivity contribution < 1.29 is 5.11 Å². The summed E-state index contributed by atoms with van der Waals surface area (Å²) in [5.41, 5.74) is 0.959. The molecular formula is C15H23NO. The van der Waals surface area contributed by atoms with Crippen molar-refractivity contribution in [3.63, 3.8) is 0 Å². The van der Waals surface area contributed by atoms with E-state index in [1.165, 1.54) is 5.56 Å². The van der Waals surface area contributed by atoms with Crippen LogP contribution in [0.15, 0.2) is 30.3 Å². The van der Waals surface area contributed by atoms with Crippen LogP contribution in [-0.4, -0.2) is 28.7 Å². The molecule has 1 aliphatic heterocycles. The molecule has 1 fully saturated rings. The minimum Gasteiger partial charge on any atom is -0.390 e. The molecule has 2 nitrogen and oxygen atoms in total. The van der Waals surface area contributed by atoms with Gasteiger partial charge < -0.3 is 5.11 Å². The molecule has 1 aromatic carbocycles. The summed E-state index contributed by atoms with van der Waals surface area (Å²) < 4.78 is 0. The van der Waals surface area contributed by atoms with Crippen LogP contribution in [0.5, 0.6) is 0 Å². The number of benzene rings is 1. The summed E-state index contributed by atoms with van der Waals surface area (Å²) in [4.78, 5) is 2.46. The van der Waals surface area contributed by atoms with Gasteiger partial charge in [-0.2, -0.15) is 0 Å². The van der Waals surface area contributed by atoms with E-state index >= 15 is 0 Å². The summed E-state index contributed by atoms with van der Waals surface area (Å²) >= 11 is 0. The zero-order chi connectivity index (χ0) is 12.1. The van der Waals surface area contributed by atoms with E-state index in [1.807, 2.05) is 0 Å². The van der Waals surface area contributed by atoms with Crippen LogP contribution in [0.3, 0.4) is 0 Å². The smallest absolute Gasteiger partial charge is 0.0657 e. The maximum Gasteiger partial charge on any atom is 0.0657 e. The molecule has 17 heavy (non-hydrogen) atoms. The number of hydrogen-bond acceptors (Lipinski definition) is 2. The fourth-order valence-corrected chi connectivity index (χ4v) is 2.59. The van der Waals surface area contributed by atoms with E-state index < -0.39 is 5.60 Å². The molecule has 1 aromatic rings. The summed E-state index contributed by atoms with van der Waals surface area (Å²) in [6.07, 6.45) is 3.86. The Labute approximate surface area is 104 Å². The van der Waals surface area contributed by atoms with Crippen LogP contribution in [0.4, 0.5) is 0 Å². The van der Waals surface area contributed by atoms with Gasteiger partial charge in [-0.1, -0.05) is 37.3 Å². The number of nitrogens with zero attached hydrogens (tertiary/aromatic N) is 1. The first-order valence-electron chi connectivity index (χ1n) is 6.70. The highest BCUT2D eigenvalue weighted by molar-refractivity contribution is 5.14. The van der Waals surface area contributed by atoms with Crippen LogP contribution in [0.1, 0.15) is 38.2 Å². The third-order valence-corrected chi connectivity index (χ3v) is 3.92. The van der Waals surface area contributed by atoms with Crippen molar-refractivity contribution in [2.24, 2.45) is 0 Å². The average molecular weight is 233 g/mol. The summed E-state index contributed by atoms with van der Waals surface area (Å²) in [6.45, 7) is 5.23. The second-order valence-corrected chi connectivity index (χ2v) is 5.19. The van der Waals surface area contributed by atoms with Crippen molar-refractivity contribution in [2.75, 3.05) is 13.1 Å². The fourth-order valence-electron chi connectivity index (χ4n) is 2.59. The highest BCUT2D eigenvalue weighted by Gasteiger charge is 2.27. The Kier molecular flexibility index (Phi) is 4.19. The summed E-state index contributed by atoms with van der Waals surface area (Å²) in [6, 6.07) is 10.6. The lowest BCUT2D eigenvalue weighted by molar-refractivity contribution is 0.0214. The van der Waals surface area contributed by atoms with Gasteiger partial charge in [0.1, 0.15) is 0 Å². The van der Waals surface area contributed by atoms with Gasteiger partial charge in [0.25, 0.3) is 0 Å². The van der Waals surface area contributed by atoms with Crippen molar-refractivity contribution in [3.05, 3.63) is 35.9 Å². The quantitative estimate of drug-likeness (QED) is 0.867. The number of aliphatic hydroxyl groups is 1. The Morgan fingerprint density at radius 1 is 1.18 bits per heavy atom. The van der Waals surface area contributed by atoms with Crippen LogP contribution in [-0.2, 0) is 6.54 Å². The van der Waals surface area contributed by atoms with E-state index in [0.29, 0.717) is 0 Å². The summed E-state index contributed by atoms with van der Waals surface area (Å²) in [5.74, 6) is 0. The van der Waals surface area contributed by atoms with Gasteiger partial charge >= 0.3 is 0 Å². The van der Waals surface area contributed by atoms with Gasteiger partial charge in [-0.3, -0.25) is 4.90 Å². The first kappa shape index (κ1) is 12.6. The second-order valence-electron chi connectivity index (χ2n) is 5.19. The molecule has 2 rings (SSSR count). The summed E-state index contributed by atoms with van der Waals surface area (Å²) in [5, 5.41) is 10.3. The highest BCUT2D eigenvalue weighted by atomic mass is 16.3. The molecule has 0 amide bonds. The molecule has 0 bridgehead atoms. The van der Waals surface area contributed by atoms with Crippen molar-refractivity contribution in [1.29, 1.82) is 0 Å². The van der Waals surface area contributed by atoms with Crippen LogP contribution in [0, 0.1) is 0 Å². The molecule has 1 atom stereocenters. The molecule has 0 aliphatic carbocycles. The van der Waals surface area contributed by atoms with E-state index in [4.69, 9.17) is 0 Å². The van der Waals surface area contributed by atoms with Crippen LogP contribution in [0.2, 0.25) is 0 Å². The molecule has 0 spiro atoms. The normalized spacial score (nSPS) is 26.7. The van der Waals surface area contributed by atoms with E-state index in [-0.39, 0.29) is 0 Å². The van der Waals surface area contributed by atoms with Crippen molar-refractivity contribution in [1.82, 2.24) is 4.90 Å². The minimum absolute atomic E-state index is 0.411. The van der Waals surface area contributed by atoms with E-state index in [1.54, 1.807) is 0 Å². The Morgan fingerprint density at radius 3 is 2.65 bits per heavy atom. The lowest BCUT2D eigenvalue weighted by atomic mass is 9.92. The zero-order valence-corrected chi connectivity index (χ0v) is 10.7. The van der Waals surface area contributed by atoms with E-state index in [9.17, 15) is 5.11 Å². The molecule has 2 heteroatoms. The van der Waals surface area contributed by atoms with Gasteiger partial charge in [0, 0.05) is 13.1 Å². The Morgan fingerprint density at radius 2 is 1.94 bits per heavy atom. The van der Waals surface area contributed by atoms with Gasteiger partial charge in [-0.25, -0.2) is 0 Å². The highest BCUT2D eigenvalue weighted by Crippen LogP contribution is 2.25. The van der Waals surface area contributed by atoms with Crippen molar-refractivity contribution in [3.8, 4) is 0 Å². The molecule has 0 saturated carbocycles. The predicted octanol–water partition coefficient (Wildman–Crippen LogP) is 2.81. The molecule has 1 aliphatic rings. The van der Waals surface area contributed by atoms with Gasteiger partial charge in [-0.05, 0) is 37.8 Å².